The van der Waals surface area contributed by atoms with Gasteiger partial charge in [0.15, 0.2) is 11.5 Å². The minimum atomic E-state index is -0.351. The first-order chi connectivity index (χ1) is 12.9. The minimum absolute atomic E-state index is 0.136. The van der Waals surface area contributed by atoms with Crippen LogP contribution in [0.25, 0.3) is 6.08 Å². The van der Waals surface area contributed by atoms with Crippen molar-refractivity contribution in [1.82, 2.24) is 4.90 Å². The smallest absolute Gasteiger partial charge is 0.293 e. The van der Waals surface area contributed by atoms with Crippen LogP contribution >= 0.6 is 39.3 Å². The van der Waals surface area contributed by atoms with Gasteiger partial charge in [-0.2, -0.15) is 0 Å². The number of nitrogens with zero attached hydrogens (tertiary/aromatic N) is 1. The molecule has 140 valence electrons. The van der Waals surface area contributed by atoms with Crippen molar-refractivity contribution in [3.63, 3.8) is 0 Å². The second kappa shape index (κ2) is 8.37. The fraction of sp³-hybridized carbons (Fsp3) is 0.158. The third kappa shape index (κ3) is 4.15. The molecular weight excluding hydrogens is 454 g/mol. The molecule has 0 saturated carbocycles. The van der Waals surface area contributed by atoms with Crippen molar-refractivity contribution < 1.29 is 19.1 Å². The van der Waals surface area contributed by atoms with Gasteiger partial charge in [-0.3, -0.25) is 14.5 Å². The van der Waals surface area contributed by atoms with E-state index in [4.69, 9.17) is 21.1 Å². The molecule has 0 radical (unpaired) electrons. The van der Waals surface area contributed by atoms with Crippen LogP contribution in [0.3, 0.4) is 0 Å². The van der Waals surface area contributed by atoms with E-state index in [9.17, 15) is 9.59 Å². The predicted molar refractivity (Wildman–Crippen MR) is 110 cm³/mol. The van der Waals surface area contributed by atoms with Crippen LogP contribution in [0.4, 0.5) is 4.79 Å². The van der Waals surface area contributed by atoms with E-state index in [2.05, 4.69) is 15.9 Å². The van der Waals surface area contributed by atoms with E-state index >= 15 is 0 Å². The number of ether oxygens (including phenoxy) is 2. The number of carbonyl (C=O) groups is 2. The van der Waals surface area contributed by atoms with Gasteiger partial charge in [-0.25, -0.2) is 0 Å². The first-order valence-electron chi connectivity index (χ1n) is 7.85. The van der Waals surface area contributed by atoms with E-state index in [1.165, 1.54) is 12.0 Å². The van der Waals surface area contributed by atoms with Crippen molar-refractivity contribution >= 4 is 56.5 Å². The molecule has 0 N–H and O–H groups in total. The summed E-state index contributed by atoms with van der Waals surface area (Å²) in [6.07, 6.45) is 1.66. The van der Waals surface area contributed by atoms with Gasteiger partial charge in [-0.1, -0.05) is 29.8 Å². The maximum atomic E-state index is 12.7. The lowest BCUT2D eigenvalue weighted by molar-refractivity contribution is -0.123. The number of hydrogen-bond donors (Lipinski definition) is 0. The van der Waals surface area contributed by atoms with Crippen LogP contribution < -0.4 is 9.47 Å². The Bertz CT molecular complexity index is 947. The van der Waals surface area contributed by atoms with Gasteiger partial charge in [0.2, 0.25) is 0 Å². The third-order valence-electron chi connectivity index (χ3n) is 3.91. The lowest BCUT2D eigenvalue weighted by Crippen LogP contribution is -2.27. The van der Waals surface area contributed by atoms with Crippen LogP contribution in [0.5, 0.6) is 11.5 Å². The molecule has 0 aromatic heterocycles. The summed E-state index contributed by atoms with van der Waals surface area (Å²) in [5, 5.41) is 0.190. The number of benzene rings is 2. The highest BCUT2D eigenvalue weighted by atomic mass is 79.9. The first kappa shape index (κ1) is 19.8. The molecule has 5 nitrogen and oxygen atoms in total. The molecule has 0 atom stereocenters. The number of hydrogen-bond acceptors (Lipinski definition) is 5. The van der Waals surface area contributed by atoms with Crippen LogP contribution in [0, 0.1) is 0 Å². The van der Waals surface area contributed by atoms with E-state index in [1.807, 2.05) is 6.07 Å². The van der Waals surface area contributed by atoms with E-state index in [-0.39, 0.29) is 17.7 Å². The Kier molecular flexibility index (Phi) is 6.14. The lowest BCUT2D eigenvalue weighted by atomic mass is 10.1. The molecule has 27 heavy (non-hydrogen) atoms. The highest BCUT2D eigenvalue weighted by Crippen LogP contribution is 2.39. The zero-order chi connectivity index (χ0) is 19.6. The molecule has 1 heterocycles. The van der Waals surface area contributed by atoms with Crippen LogP contribution in [-0.2, 0) is 11.3 Å². The molecule has 1 aliphatic rings. The number of methoxy groups -OCH3 is 2. The molecule has 0 bridgehead atoms. The summed E-state index contributed by atoms with van der Waals surface area (Å²) in [7, 11) is 3.08. The van der Waals surface area contributed by atoms with Gasteiger partial charge in [0, 0.05) is 5.02 Å². The molecule has 0 aliphatic carbocycles. The highest BCUT2D eigenvalue weighted by Gasteiger charge is 2.35. The summed E-state index contributed by atoms with van der Waals surface area (Å²) in [6.45, 7) is 0.136. The Hall–Kier alpha value is -1.96. The Balaban J connectivity index is 1.88. The van der Waals surface area contributed by atoms with Gasteiger partial charge in [0.25, 0.3) is 11.1 Å². The first-order valence-corrected chi connectivity index (χ1v) is 9.83. The fourth-order valence-electron chi connectivity index (χ4n) is 2.61. The standard InChI is InChI=1S/C19H15BrClNO4S/c1-25-15-8-11(7-13(20)17(15)26-2)9-16-18(23)22(19(24)27-16)10-12-5-3-4-6-14(12)21/h3-9H,10H2,1-2H3/b16-9-. The summed E-state index contributed by atoms with van der Waals surface area (Å²) in [6, 6.07) is 10.7. The van der Waals surface area contributed by atoms with Crippen LogP contribution in [0.1, 0.15) is 11.1 Å². The summed E-state index contributed by atoms with van der Waals surface area (Å²) in [5.41, 5.74) is 1.43. The Labute approximate surface area is 174 Å². The molecule has 0 spiro atoms. The van der Waals surface area contributed by atoms with E-state index < -0.39 is 0 Å². The van der Waals surface area contributed by atoms with Crippen molar-refractivity contribution in [3.8, 4) is 11.5 Å². The molecule has 0 unspecified atom stereocenters. The molecule has 1 aliphatic heterocycles. The number of amides is 2. The number of rotatable bonds is 5. The molecule has 2 aromatic carbocycles. The number of carbonyl (C=O) groups excluding carboxylic acids is 2. The average molecular weight is 469 g/mol. The van der Waals surface area contributed by atoms with Crippen LogP contribution in [0.15, 0.2) is 45.8 Å². The molecular formula is C19H15BrClNO4S. The molecule has 2 aromatic rings. The average Bonchev–Trinajstić information content (AvgIpc) is 2.90. The Morgan fingerprint density at radius 3 is 2.59 bits per heavy atom. The van der Waals surface area contributed by atoms with Gasteiger partial charge in [0.05, 0.1) is 30.1 Å². The summed E-state index contributed by atoms with van der Waals surface area (Å²) in [4.78, 5) is 26.6. The number of thioether (sulfide) groups is 1. The second-order valence-electron chi connectivity index (χ2n) is 5.60. The second-order valence-corrected chi connectivity index (χ2v) is 7.85. The molecule has 3 rings (SSSR count). The molecule has 1 fully saturated rings. The van der Waals surface area contributed by atoms with Crippen molar-refractivity contribution in [2.45, 2.75) is 6.54 Å². The van der Waals surface area contributed by atoms with Crippen molar-refractivity contribution in [2.75, 3.05) is 14.2 Å². The number of halogens is 2. The van der Waals surface area contributed by atoms with Gasteiger partial charge in [-0.05, 0) is 63.1 Å². The van der Waals surface area contributed by atoms with Crippen molar-refractivity contribution in [1.29, 1.82) is 0 Å². The van der Waals surface area contributed by atoms with E-state index in [1.54, 1.807) is 43.5 Å². The normalized spacial score (nSPS) is 15.6. The van der Waals surface area contributed by atoms with Crippen molar-refractivity contribution in [2.24, 2.45) is 0 Å². The van der Waals surface area contributed by atoms with E-state index in [0.29, 0.717) is 31.5 Å². The maximum Gasteiger partial charge on any atom is 0.293 e. The maximum absolute atomic E-state index is 12.7. The van der Waals surface area contributed by atoms with Crippen LogP contribution in [0.2, 0.25) is 5.02 Å². The summed E-state index contributed by atoms with van der Waals surface area (Å²) >= 11 is 10.5. The SMILES string of the molecule is COc1cc(/C=C2\SC(=O)N(Cc3ccccc3Cl)C2=O)cc(Br)c1OC. The van der Waals surface area contributed by atoms with E-state index in [0.717, 1.165) is 17.3 Å². The molecule has 2 amide bonds. The van der Waals surface area contributed by atoms with Gasteiger partial charge < -0.3 is 9.47 Å². The quantitative estimate of drug-likeness (QED) is 0.553. The molecule has 8 heteroatoms. The minimum Gasteiger partial charge on any atom is -0.493 e. The van der Waals surface area contributed by atoms with Gasteiger partial charge >= 0.3 is 0 Å². The zero-order valence-corrected chi connectivity index (χ0v) is 17.7. The fourth-order valence-corrected chi connectivity index (χ4v) is 4.26. The van der Waals surface area contributed by atoms with Crippen molar-refractivity contribution in [3.05, 3.63) is 61.9 Å². The van der Waals surface area contributed by atoms with Gasteiger partial charge in [0.1, 0.15) is 0 Å². The van der Waals surface area contributed by atoms with Crippen LogP contribution in [-0.4, -0.2) is 30.3 Å². The monoisotopic (exact) mass is 467 g/mol. The predicted octanol–water partition coefficient (Wildman–Crippen LogP) is 5.36. The third-order valence-corrected chi connectivity index (χ3v) is 5.78. The summed E-state index contributed by atoms with van der Waals surface area (Å²) in [5.74, 6) is 0.728. The zero-order valence-electron chi connectivity index (χ0n) is 14.5. The highest BCUT2D eigenvalue weighted by molar-refractivity contribution is 9.10. The molecule has 1 saturated heterocycles. The Morgan fingerprint density at radius 2 is 1.93 bits per heavy atom. The lowest BCUT2D eigenvalue weighted by Gasteiger charge is -2.13. The number of imide groups is 1. The topological polar surface area (TPSA) is 55.8 Å². The Morgan fingerprint density at radius 1 is 1.19 bits per heavy atom. The largest absolute Gasteiger partial charge is 0.493 e. The summed E-state index contributed by atoms with van der Waals surface area (Å²) < 4.78 is 11.3. The van der Waals surface area contributed by atoms with Gasteiger partial charge in [-0.15, -0.1) is 0 Å².